The van der Waals surface area contributed by atoms with Gasteiger partial charge in [-0.2, -0.15) is 0 Å². The zero-order chi connectivity index (χ0) is 19.3. The first-order valence-electron chi connectivity index (χ1n) is 9.04. The van der Waals surface area contributed by atoms with E-state index in [2.05, 4.69) is 24.3 Å². The smallest absolute Gasteiger partial charge is 0.212 e. The minimum Gasteiger partial charge on any atom is -0.253 e. The van der Waals surface area contributed by atoms with Crippen LogP contribution in [0.5, 0.6) is 0 Å². The second kappa shape index (κ2) is 6.24. The summed E-state index contributed by atoms with van der Waals surface area (Å²) in [5.74, 6) is -0.506. The summed E-state index contributed by atoms with van der Waals surface area (Å²) in [6, 6.07) is 25.2. The number of hydrogen-bond donors (Lipinski definition) is 1. The Morgan fingerprint density at radius 2 is 0.786 bits per heavy atom. The van der Waals surface area contributed by atoms with Gasteiger partial charge in [0.1, 0.15) is 11.6 Å². The lowest BCUT2D eigenvalue weighted by molar-refractivity contribution is -0.111. The molecule has 28 heavy (non-hydrogen) atoms. The third-order valence-electron chi connectivity index (χ3n) is 5.26. The summed E-state index contributed by atoms with van der Waals surface area (Å²) in [6.07, 6.45) is 0. The monoisotopic (exact) mass is 368 g/mol. The van der Waals surface area contributed by atoms with E-state index in [4.69, 9.17) is 5.41 Å². The lowest BCUT2D eigenvalue weighted by Crippen LogP contribution is -2.39. The molecule has 0 saturated carbocycles. The van der Waals surface area contributed by atoms with Crippen molar-refractivity contribution in [3.63, 3.8) is 0 Å². The number of rotatable bonds is 2. The van der Waals surface area contributed by atoms with Gasteiger partial charge in [-0.05, 0) is 69.8 Å². The van der Waals surface area contributed by atoms with Gasteiger partial charge in [-0.1, -0.05) is 48.5 Å². The van der Waals surface area contributed by atoms with Crippen LogP contribution in [0.3, 0.4) is 0 Å². The van der Waals surface area contributed by atoms with Crippen LogP contribution >= 0.6 is 0 Å². The maximum absolute atomic E-state index is 13.2. The van der Waals surface area contributed by atoms with Crippen molar-refractivity contribution in [2.75, 3.05) is 0 Å². The van der Waals surface area contributed by atoms with Crippen molar-refractivity contribution in [3.05, 3.63) is 108 Å². The average Bonchev–Trinajstić information content (AvgIpc) is 3.00. The molecule has 4 aromatic carbocycles. The Morgan fingerprint density at radius 1 is 0.429 bits per heavy atom. The van der Waals surface area contributed by atoms with Crippen LogP contribution in [0.1, 0.15) is 11.1 Å². The van der Waals surface area contributed by atoms with E-state index in [1.807, 2.05) is 12.1 Å². The summed E-state index contributed by atoms with van der Waals surface area (Å²) in [7, 11) is 0. The quantitative estimate of drug-likeness (QED) is 0.460. The van der Waals surface area contributed by atoms with Crippen molar-refractivity contribution < 1.29 is 14.2 Å². The summed E-state index contributed by atoms with van der Waals surface area (Å²) < 4.78 is 26.4. The topological polar surface area (TPSA) is 25.6 Å². The number of halogens is 2. The number of hydrogen-bond acceptors (Lipinski definition) is 0. The minimum atomic E-state index is -0.253. The van der Waals surface area contributed by atoms with Gasteiger partial charge in [0, 0.05) is 0 Å². The molecule has 5 rings (SSSR count). The molecule has 0 spiro atoms. The van der Waals surface area contributed by atoms with Gasteiger partial charge in [-0.3, -0.25) is 5.41 Å². The molecule has 134 valence electrons. The second-order valence-corrected chi connectivity index (χ2v) is 6.95. The van der Waals surface area contributed by atoms with Crippen molar-refractivity contribution in [3.8, 4) is 33.4 Å². The van der Waals surface area contributed by atoms with Crippen LogP contribution in [-0.2, 0) is 0 Å². The Balaban J connectivity index is 1.57. The van der Waals surface area contributed by atoms with Gasteiger partial charge in [-0.15, -0.1) is 0 Å². The van der Waals surface area contributed by atoms with Crippen LogP contribution in [0.4, 0.5) is 8.78 Å². The Morgan fingerprint density at radius 3 is 1.18 bits per heavy atom. The molecule has 0 aliphatic heterocycles. The van der Waals surface area contributed by atoms with E-state index >= 15 is 0 Å². The normalized spacial score (nSPS) is 12.0. The lowest BCUT2D eigenvalue weighted by Gasteiger charge is -2.05. The van der Waals surface area contributed by atoms with E-state index in [0.29, 0.717) is 0 Å². The summed E-state index contributed by atoms with van der Waals surface area (Å²) in [4.78, 5) is 0. The second-order valence-electron chi connectivity index (χ2n) is 6.95. The van der Waals surface area contributed by atoms with Crippen LogP contribution in [-0.4, -0.2) is 5.71 Å². The number of nitrogens with two attached hydrogens (primary N) is 1. The van der Waals surface area contributed by atoms with Crippen LogP contribution in [0.25, 0.3) is 33.4 Å². The maximum Gasteiger partial charge on any atom is 0.212 e. The van der Waals surface area contributed by atoms with Crippen molar-refractivity contribution in [2.24, 2.45) is 0 Å². The van der Waals surface area contributed by atoms with Gasteiger partial charge >= 0.3 is 0 Å². The van der Waals surface area contributed by atoms with Crippen molar-refractivity contribution in [1.29, 1.82) is 0 Å². The van der Waals surface area contributed by atoms with E-state index < -0.39 is 0 Å². The molecule has 0 unspecified atom stereocenters. The third kappa shape index (κ3) is 2.64. The average molecular weight is 368 g/mol. The summed E-state index contributed by atoms with van der Waals surface area (Å²) in [5.41, 5.74) is 8.73. The number of benzene rings is 4. The highest BCUT2D eigenvalue weighted by Gasteiger charge is 2.28. The Kier molecular flexibility index (Phi) is 3.69. The zero-order valence-corrected chi connectivity index (χ0v) is 14.9. The largest absolute Gasteiger partial charge is 0.253 e. The van der Waals surface area contributed by atoms with Crippen LogP contribution < -0.4 is 5.41 Å². The molecule has 0 saturated heterocycles. The first kappa shape index (κ1) is 16.6. The van der Waals surface area contributed by atoms with Crippen LogP contribution in [0.15, 0.2) is 84.9 Å². The van der Waals surface area contributed by atoms with Gasteiger partial charge in [0.25, 0.3) is 0 Å². The molecule has 0 fully saturated rings. The predicted octanol–water partition coefficient (Wildman–Crippen LogP) is 4.88. The van der Waals surface area contributed by atoms with Crippen molar-refractivity contribution in [2.45, 2.75) is 0 Å². The van der Waals surface area contributed by atoms with E-state index in [9.17, 15) is 8.78 Å². The molecule has 3 heteroatoms. The fraction of sp³-hybridized carbons (Fsp3) is 0. The highest BCUT2D eigenvalue weighted by Crippen LogP contribution is 2.39. The lowest BCUT2D eigenvalue weighted by atomic mass is 9.98. The molecule has 0 aromatic heterocycles. The van der Waals surface area contributed by atoms with E-state index in [-0.39, 0.29) is 11.6 Å². The molecule has 0 bridgehead atoms. The molecule has 2 N–H and O–H groups in total. The molecule has 0 heterocycles. The highest BCUT2D eigenvalue weighted by molar-refractivity contribution is 6.22. The SMILES string of the molecule is [NH2+]=C1c2cc(-c3ccc(F)cc3)ccc2-c2ccc(-c3ccc(F)cc3)cc21. The molecule has 0 amide bonds. The van der Waals surface area contributed by atoms with Gasteiger partial charge in [0.2, 0.25) is 5.71 Å². The van der Waals surface area contributed by atoms with Gasteiger partial charge in [-0.25, -0.2) is 8.78 Å². The van der Waals surface area contributed by atoms with E-state index in [0.717, 1.165) is 50.2 Å². The van der Waals surface area contributed by atoms with Crippen molar-refractivity contribution in [1.82, 2.24) is 0 Å². The van der Waals surface area contributed by atoms with E-state index in [1.54, 1.807) is 24.3 Å². The molecule has 4 aromatic rings. The first-order valence-corrected chi connectivity index (χ1v) is 9.04. The molecule has 0 atom stereocenters. The fourth-order valence-corrected chi connectivity index (χ4v) is 3.79. The van der Waals surface area contributed by atoms with Crippen molar-refractivity contribution >= 4 is 5.71 Å². The van der Waals surface area contributed by atoms with Gasteiger partial charge in [0.15, 0.2) is 0 Å². The standard InChI is InChI=1S/C25H15F2N/c26-19-7-1-15(2-8-19)17-5-11-21-22-12-6-18(16-3-9-20(27)10-4-16)14-24(22)25(28)23(21)13-17/h1-14,28H/p+1. The molecular formula is C25H16F2N+. The predicted molar refractivity (Wildman–Crippen MR) is 108 cm³/mol. The Labute approximate surface area is 161 Å². The summed E-state index contributed by atoms with van der Waals surface area (Å²) in [5, 5.41) is 6.50. The van der Waals surface area contributed by atoms with E-state index in [1.165, 1.54) is 24.3 Å². The van der Waals surface area contributed by atoms with Crippen LogP contribution in [0.2, 0.25) is 0 Å². The minimum absolute atomic E-state index is 0.253. The molecular weight excluding hydrogens is 352 g/mol. The van der Waals surface area contributed by atoms with Gasteiger partial charge in [0.05, 0.1) is 11.1 Å². The van der Waals surface area contributed by atoms with Gasteiger partial charge < -0.3 is 0 Å². The highest BCUT2D eigenvalue weighted by atomic mass is 19.1. The molecule has 0 radical (unpaired) electrons. The molecule has 1 aliphatic carbocycles. The van der Waals surface area contributed by atoms with Crippen LogP contribution in [0, 0.1) is 11.6 Å². The molecule has 1 aliphatic rings. The Hall–Kier alpha value is -3.59. The maximum atomic E-state index is 13.2. The zero-order valence-electron chi connectivity index (χ0n) is 14.9. The first-order chi connectivity index (χ1) is 13.6. The summed E-state index contributed by atoms with van der Waals surface area (Å²) >= 11 is 0. The summed E-state index contributed by atoms with van der Waals surface area (Å²) in [6.45, 7) is 0. The molecule has 1 nitrogen and oxygen atoms in total. The Bertz CT molecular complexity index is 1130. The third-order valence-corrected chi connectivity index (χ3v) is 5.26. The fourth-order valence-electron chi connectivity index (χ4n) is 3.79. The number of fused-ring (bicyclic) bond motifs is 3.